The number of para-hydroxylation sites is 1. The number of hydrogen-bond acceptors (Lipinski definition) is 8. The minimum absolute atomic E-state index is 0.00960. The molecule has 0 saturated heterocycles. The summed E-state index contributed by atoms with van der Waals surface area (Å²) in [6.07, 6.45) is 7.79. The van der Waals surface area contributed by atoms with Crippen LogP contribution in [0.3, 0.4) is 0 Å². The van der Waals surface area contributed by atoms with E-state index in [4.69, 9.17) is 37.7 Å². The zero-order valence-corrected chi connectivity index (χ0v) is 30.8. The normalized spacial score (nSPS) is 11.0. The number of nitrogens with zero attached hydrogens (tertiary/aromatic N) is 4. The third-order valence-corrected chi connectivity index (χ3v) is 9.00. The van der Waals surface area contributed by atoms with Crippen LogP contribution in [0.2, 0.25) is 10.0 Å². The Morgan fingerprint density at radius 1 is 0.852 bits per heavy atom. The number of fused-ring (bicyclic) bond motifs is 1. The molecular formula is C41H34Cl2N6O5. The third kappa shape index (κ3) is 9.37. The Morgan fingerprint density at radius 3 is 2.39 bits per heavy atom. The number of nitrogens with one attached hydrogen (secondary N) is 2. The number of amides is 3. The van der Waals surface area contributed by atoms with E-state index in [0.29, 0.717) is 56.7 Å². The number of halogens is 2. The first-order chi connectivity index (χ1) is 26.2. The van der Waals surface area contributed by atoms with E-state index in [2.05, 4.69) is 20.6 Å². The summed E-state index contributed by atoms with van der Waals surface area (Å²) in [5.41, 5.74) is 4.79. The van der Waals surface area contributed by atoms with Crippen LogP contribution in [0.15, 0.2) is 116 Å². The highest BCUT2D eigenvalue weighted by molar-refractivity contribution is 6.38. The van der Waals surface area contributed by atoms with Crippen LogP contribution in [0, 0.1) is 6.92 Å². The number of aryl methyl sites for hydroxylation is 1. The van der Waals surface area contributed by atoms with Gasteiger partial charge in [0, 0.05) is 70.7 Å². The smallest absolute Gasteiger partial charge is 0.255 e. The highest BCUT2D eigenvalue weighted by atomic mass is 35.5. The molecule has 0 aliphatic heterocycles. The first kappa shape index (κ1) is 37.5. The lowest BCUT2D eigenvalue weighted by Crippen LogP contribution is -2.37. The first-order valence-corrected chi connectivity index (χ1v) is 17.5. The van der Waals surface area contributed by atoms with Crippen molar-refractivity contribution in [2.45, 2.75) is 20.1 Å². The van der Waals surface area contributed by atoms with Crippen molar-refractivity contribution in [1.29, 1.82) is 0 Å². The van der Waals surface area contributed by atoms with Crippen molar-refractivity contribution in [2.24, 2.45) is 0 Å². The molecule has 0 radical (unpaired) electrons. The predicted molar refractivity (Wildman–Crippen MR) is 210 cm³/mol. The summed E-state index contributed by atoms with van der Waals surface area (Å²) in [6, 6.07) is 26.4. The van der Waals surface area contributed by atoms with Crippen molar-refractivity contribution in [3.63, 3.8) is 0 Å². The molecule has 54 heavy (non-hydrogen) atoms. The van der Waals surface area contributed by atoms with Gasteiger partial charge in [0.15, 0.2) is 0 Å². The number of benzene rings is 3. The molecule has 0 spiro atoms. The molecule has 0 unspecified atom stereocenters. The summed E-state index contributed by atoms with van der Waals surface area (Å²) in [6.45, 7) is 1.87. The number of ether oxygens (including phenoxy) is 2. The van der Waals surface area contributed by atoms with Crippen LogP contribution in [0.4, 0.5) is 11.4 Å². The molecule has 6 aromatic rings. The number of carbonyl (C=O) groups is 3. The molecule has 3 amide bonds. The number of rotatable bonds is 13. The molecule has 2 N–H and O–H groups in total. The van der Waals surface area contributed by atoms with Crippen molar-refractivity contribution in [1.82, 2.24) is 20.3 Å². The van der Waals surface area contributed by atoms with E-state index >= 15 is 0 Å². The highest BCUT2D eigenvalue weighted by Gasteiger charge is 2.20. The van der Waals surface area contributed by atoms with E-state index in [1.807, 2.05) is 43.3 Å². The standard InChI is InChI=1S/C41H34Cl2N6O5/c1-26-22-36(53-24-30-6-3-4-19-45-30)31-7-5-8-35(40(31)47-26)54-25-32-33(42)14-15-34(39(32)43)49(2)38(51)23-46-37(50)16-11-27-9-12-28(13-10-27)41(52)48-29-17-20-44-21-18-29/h3-22H,23-25H2,1-2H3,(H,46,50)(H,44,48,52)/b16-11+. The monoisotopic (exact) mass is 760 g/mol. The van der Waals surface area contributed by atoms with Gasteiger partial charge in [-0.15, -0.1) is 0 Å². The van der Waals surface area contributed by atoms with E-state index < -0.39 is 11.8 Å². The fourth-order valence-electron chi connectivity index (χ4n) is 5.34. The Kier molecular flexibility index (Phi) is 12.1. The third-order valence-electron chi connectivity index (χ3n) is 8.22. The minimum Gasteiger partial charge on any atom is -0.487 e. The van der Waals surface area contributed by atoms with Gasteiger partial charge in [-0.2, -0.15) is 0 Å². The van der Waals surface area contributed by atoms with Crippen molar-refractivity contribution < 1.29 is 23.9 Å². The number of aromatic nitrogens is 3. The lowest BCUT2D eigenvalue weighted by atomic mass is 10.1. The molecule has 3 heterocycles. The van der Waals surface area contributed by atoms with E-state index in [9.17, 15) is 14.4 Å². The van der Waals surface area contributed by atoms with Crippen LogP contribution < -0.4 is 25.0 Å². The van der Waals surface area contributed by atoms with Crippen LogP contribution in [-0.4, -0.2) is 46.3 Å². The molecule has 0 saturated carbocycles. The van der Waals surface area contributed by atoms with Crippen molar-refractivity contribution in [3.05, 3.63) is 154 Å². The Hall–Kier alpha value is -6.30. The molecule has 0 bridgehead atoms. The lowest BCUT2D eigenvalue weighted by molar-refractivity contribution is -0.122. The van der Waals surface area contributed by atoms with E-state index in [1.165, 1.54) is 11.0 Å². The summed E-state index contributed by atoms with van der Waals surface area (Å²) in [5.74, 6) is -0.0142. The van der Waals surface area contributed by atoms with Crippen molar-refractivity contribution in [2.75, 3.05) is 23.8 Å². The van der Waals surface area contributed by atoms with Crippen molar-refractivity contribution in [3.8, 4) is 11.5 Å². The molecular weight excluding hydrogens is 727 g/mol. The molecule has 11 nitrogen and oxygen atoms in total. The topological polar surface area (TPSA) is 136 Å². The van der Waals surface area contributed by atoms with Crippen LogP contribution in [0.5, 0.6) is 11.5 Å². The Labute approximate surface area is 321 Å². The van der Waals surface area contributed by atoms with E-state index in [1.54, 1.807) is 86.3 Å². The first-order valence-electron chi connectivity index (χ1n) is 16.7. The zero-order valence-electron chi connectivity index (χ0n) is 29.3. The second-order valence-electron chi connectivity index (χ2n) is 12.0. The number of anilines is 2. The minimum atomic E-state index is -0.475. The summed E-state index contributed by atoms with van der Waals surface area (Å²) in [7, 11) is 1.56. The number of likely N-dealkylation sites (N-methyl/N-ethyl adjacent to an activating group) is 1. The van der Waals surface area contributed by atoms with Gasteiger partial charge in [0.05, 0.1) is 22.9 Å². The van der Waals surface area contributed by atoms with Crippen LogP contribution >= 0.6 is 23.2 Å². The number of carbonyl (C=O) groups excluding carboxylic acids is 3. The fraction of sp³-hybridized carbons (Fsp3) is 0.122. The summed E-state index contributed by atoms with van der Waals surface area (Å²) >= 11 is 13.4. The molecule has 0 atom stereocenters. The van der Waals surface area contributed by atoms with Gasteiger partial charge in [0.2, 0.25) is 11.8 Å². The quantitative estimate of drug-likeness (QED) is 0.114. The maximum Gasteiger partial charge on any atom is 0.255 e. The van der Waals surface area contributed by atoms with Gasteiger partial charge in [-0.25, -0.2) is 4.98 Å². The molecule has 6 rings (SSSR count). The maximum absolute atomic E-state index is 13.1. The van der Waals surface area contributed by atoms with Crippen molar-refractivity contribution >= 4 is 69.3 Å². The SMILES string of the molecule is Cc1cc(OCc2ccccn2)c2cccc(OCc3c(Cl)ccc(N(C)C(=O)CNC(=O)/C=C/c4ccc(C(=O)Nc5ccncc5)cc4)c3Cl)c2n1. The molecule has 13 heteroatoms. The van der Waals surface area contributed by atoms with Gasteiger partial charge < -0.3 is 25.0 Å². The molecule has 0 fully saturated rings. The number of pyridine rings is 3. The maximum atomic E-state index is 13.1. The summed E-state index contributed by atoms with van der Waals surface area (Å²) in [5, 5.41) is 6.73. The average Bonchev–Trinajstić information content (AvgIpc) is 3.19. The fourth-order valence-corrected chi connectivity index (χ4v) is 5.95. The van der Waals surface area contributed by atoms with Gasteiger partial charge >= 0.3 is 0 Å². The molecule has 272 valence electrons. The van der Waals surface area contributed by atoms with Gasteiger partial charge in [-0.05, 0) is 79.2 Å². The lowest BCUT2D eigenvalue weighted by Gasteiger charge is -2.21. The van der Waals surface area contributed by atoms with Crippen LogP contribution in [0.1, 0.15) is 32.9 Å². The summed E-state index contributed by atoms with van der Waals surface area (Å²) in [4.78, 5) is 52.5. The van der Waals surface area contributed by atoms with Gasteiger partial charge in [0.1, 0.15) is 30.2 Å². The van der Waals surface area contributed by atoms with Gasteiger partial charge in [-0.3, -0.25) is 24.4 Å². The van der Waals surface area contributed by atoms with Gasteiger partial charge in [-0.1, -0.05) is 47.5 Å². The van der Waals surface area contributed by atoms with Gasteiger partial charge in [0.25, 0.3) is 5.91 Å². The average molecular weight is 762 g/mol. The van der Waals surface area contributed by atoms with E-state index in [-0.39, 0.29) is 24.1 Å². The largest absolute Gasteiger partial charge is 0.487 e. The molecule has 3 aromatic carbocycles. The second-order valence-corrected chi connectivity index (χ2v) is 12.8. The van der Waals surface area contributed by atoms with E-state index in [0.717, 1.165) is 16.8 Å². The zero-order chi connectivity index (χ0) is 38.0. The number of hydrogen-bond donors (Lipinski definition) is 2. The molecule has 0 aliphatic carbocycles. The Morgan fingerprint density at radius 2 is 1.63 bits per heavy atom. The van der Waals surface area contributed by atoms with Crippen LogP contribution in [-0.2, 0) is 22.8 Å². The Bertz CT molecular complexity index is 2320. The summed E-state index contributed by atoms with van der Waals surface area (Å²) < 4.78 is 12.4. The molecule has 0 aliphatic rings. The molecule has 3 aromatic heterocycles. The van der Waals surface area contributed by atoms with Crippen LogP contribution in [0.25, 0.3) is 17.0 Å². The highest BCUT2D eigenvalue weighted by Crippen LogP contribution is 2.36. The second kappa shape index (κ2) is 17.5. The predicted octanol–water partition coefficient (Wildman–Crippen LogP) is 7.84. The Balaban J connectivity index is 1.06.